The molecule has 0 saturated carbocycles. The molecule has 2 heterocycles. The number of nitrogens with zero attached hydrogens (tertiary/aromatic N) is 1. The Labute approximate surface area is 231 Å². The molecule has 39 heavy (non-hydrogen) atoms. The molecule has 2 aliphatic heterocycles. The Morgan fingerprint density at radius 1 is 0.923 bits per heavy atom. The minimum absolute atomic E-state index is 0.0630. The minimum atomic E-state index is -0.725. The van der Waals surface area contributed by atoms with E-state index in [1.54, 1.807) is 4.90 Å². The van der Waals surface area contributed by atoms with Crippen molar-refractivity contribution in [2.45, 2.75) is 70.5 Å². The van der Waals surface area contributed by atoms with E-state index in [9.17, 15) is 14.4 Å². The Balaban J connectivity index is 1.57. The quantitative estimate of drug-likeness (QED) is 0.560. The Kier molecular flexibility index (Phi) is 10.4. The monoisotopic (exact) mass is 534 g/mol. The van der Waals surface area contributed by atoms with E-state index in [2.05, 4.69) is 29.8 Å². The molecule has 0 aromatic heterocycles. The predicted molar refractivity (Wildman–Crippen MR) is 151 cm³/mol. The van der Waals surface area contributed by atoms with Crippen molar-refractivity contribution in [3.8, 4) is 5.75 Å². The molecule has 0 radical (unpaired) electrons. The van der Waals surface area contributed by atoms with Gasteiger partial charge in [-0.05, 0) is 55.2 Å². The zero-order chi connectivity index (χ0) is 27.6. The van der Waals surface area contributed by atoms with E-state index in [0.29, 0.717) is 51.4 Å². The Morgan fingerprint density at radius 3 is 2.49 bits per heavy atom. The van der Waals surface area contributed by atoms with Crippen LogP contribution in [-0.4, -0.2) is 67.0 Å². The zero-order valence-electron chi connectivity index (χ0n) is 23.2. The highest BCUT2D eigenvalue weighted by Crippen LogP contribution is 2.22. The highest BCUT2D eigenvalue weighted by molar-refractivity contribution is 5.93. The molecule has 0 unspecified atom stereocenters. The van der Waals surface area contributed by atoms with E-state index in [1.165, 1.54) is 0 Å². The summed E-state index contributed by atoms with van der Waals surface area (Å²) in [6, 6.07) is 15.9. The number of aryl methyl sites for hydroxylation is 1. The number of rotatable bonds is 4. The fourth-order valence-corrected chi connectivity index (χ4v) is 5.43. The number of para-hydroxylation sites is 1. The summed E-state index contributed by atoms with van der Waals surface area (Å²) in [5.74, 6) is 0.589. The van der Waals surface area contributed by atoms with Gasteiger partial charge >= 0.3 is 0 Å². The van der Waals surface area contributed by atoms with Gasteiger partial charge in [-0.25, -0.2) is 0 Å². The topological polar surface area (TPSA) is 99.8 Å². The van der Waals surface area contributed by atoms with Gasteiger partial charge in [0, 0.05) is 26.1 Å². The maximum absolute atomic E-state index is 13.7. The lowest BCUT2D eigenvalue weighted by molar-refractivity contribution is -0.141. The van der Waals surface area contributed by atoms with Gasteiger partial charge in [-0.3, -0.25) is 14.4 Å². The third-order valence-corrected chi connectivity index (χ3v) is 7.40. The largest absolute Gasteiger partial charge is 0.492 e. The second-order valence-corrected chi connectivity index (χ2v) is 10.9. The van der Waals surface area contributed by atoms with Crippen LogP contribution < -0.4 is 20.7 Å². The van der Waals surface area contributed by atoms with Crippen LogP contribution in [0.15, 0.2) is 54.6 Å². The number of hydrogen-bond acceptors (Lipinski definition) is 5. The van der Waals surface area contributed by atoms with Gasteiger partial charge in [0.1, 0.15) is 24.4 Å². The number of fused-ring (bicyclic) bond motifs is 2. The molecule has 1 saturated heterocycles. The van der Waals surface area contributed by atoms with Crippen LogP contribution in [0.2, 0.25) is 0 Å². The highest BCUT2D eigenvalue weighted by Gasteiger charge is 2.38. The van der Waals surface area contributed by atoms with Crippen LogP contribution in [0.4, 0.5) is 0 Å². The lowest BCUT2D eigenvalue weighted by Crippen LogP contribution is -2.56. The number of ether oxygens (including phenoxy) is 1. The van der Waals surface area contributed by atoms with Crippen molar-refractivity contribution in [1.29, 1.82) is 0 Å². The smallest absolute Gasteiger partial charge is 0.243 e. The van der Waals surface area contributed by atoms with Crippen LogP contribution in [0, 0.1) is 5.92 Å². The molecule has 2 aromatic rings. The lowest BCUT2D eigenvalue weighted by atomic mass is 10.0. The van der Waals surface area contributed by atoms with Gasteiger partial charge in [-0.1, -0.05) is 62.4 Å². The Morgan fingerprint density at radius 2 is 1.69 bits per heavy atom. The summed E-state index contributed by atoms with van der Waals surface area (Å²) < 4.78 is 6.09. The molecule has 0 bridgehead atoms. The molecular formula is C31H42N4O4. The fourth-order valence-electron chi connectivity index (χ4n) is 5.43. The molecule has 0 aliphatic carbocycles. The van der Waals surface area contributed by atoms with Crippen LogP contribution >= 0.6 is 0 Å². The van der Waals surface area contributed by atoms with Crippen molar-refractivity contribution < 1.29 is 19.1 Å². The zero-order valence-corrected chi connectivity index (χ0v) is 23.2. The predicted octanol–water partition coefficient (Wildman–Crippen LogP) is 2.85. The van der Waals surface area contributed by atoms with E-state index in [0.717, 1.165) is 36.1 Å². The van der Waals surface area contributed by atoms with Gasteiger partial charge in [0.15, 0.2) is 0 Å². The maximum Gasteiger partial charge on any atom is 0.243 e. The summed E-state index contributed by atoms with van der Waals surface area (Å²) in [5, 5.41) is 9.42. The lowest BCUT2D eigenvalue weighted by Gasteiger charge is -2.30. The van der Waals surface area contributed by atoms with Gasteiger partial charge in [-0.15, -0.1) is 0 Å². The Hall–Kier alpha value is -3.39. The van der Waals surface area contributed by atoms with Crippen molar-refractivity contribution in [3.05, 3.63) is 65.7 Å². The van der Waals surface area contributed by atoms with Gasteiger partial charge in [0.2, 0.25) is 17.7 Å². The number of nitrogens with one attached hydrogen (secondary N) is 3. The summed E-state index contributed by atoms with van der Waals surface area (Å²) in [4.78, 5) is 42.2. The summed E-state index contributed by atoms with van der Waals surface area (Å²) in [7, 11) is 0. The SMILES string of the molecule is CC(C)C[C@@H]1NCCOc2ccccc2CCCNC(=O)[C@H](Cc2ccccc2)NC(=O)[C@@H]2CCCN2C1=O. The molecular weight excluding hydrogens is 492 g/mol. The van der Waals surface area contributed by atoms with Crippen LogP contribution in [0.5, 0.6) is 5.75 Å². The molecule has 2 aliphatic rings. The normalized spacial score (nSPS) is 23.6. The van der Waals surface area contributed by atoms with E-state index in [-0.39, 0.29) is 17.7 Å². The van der Waals surface area contributed by atoms with Crippen LogP contribution in [0.25, 0.3) is 0 Å². The number of hydrogen-bond donors (Lipinski definition) is 3. The van der Waals surface area contributed by atoms with Crippen LogP contribution in [-0.2, 0) is 27.2 Å². The third kappa shape index (κ3) is 8.05. The number of amides is 3. The highest BCUT2D eigenvalue weighted by atomic mass is 16.5. The van der Waals surface area contributed by atoms with Crippen LogP contribution in [0.1, 0.15) is 50.7 Å². The van der Waals surface area contributed by atoms with E-state index in [4.69, 9.17) is 4.74 Å². The average molecular weight is 535 g/mol. The van der Waals surface area contributed by atoms with E-state index in [1.807, 2.05) is 54.6 Å². The van der Waals surface area contributed by atoms with Crippen molar-refractivity contribution in [1.82, 2.24) is 20.9 Å². The van der Waals surface area contributed by atoms with Crippen molar-refractivity contribution >= 4 is 17.7 Å². The Bertz CT molecular complexity index is 1110. The van der Waals surface area contributed by atoms with Crippen LogP contribution in [0.3, 0.4) is 0 Å². The number of benzene rings is 2. The first kappa shape index (κ1) is 28.6. The molecule has 3 amide bonds. The molecule has 1 fully saturated rings. The first-order valence-corrected chi connectivity index (χ1v) is 14.3. The van der Waals surface area contributed by atoms with E-state index >= 15 is 0 Å². The standard InChI is InChI=1S/C31H42N4O4/c1-22(2)20-26-31(38)35-18-9-14-27(35)30(37)34-25(21-23-10-4-3-5-11-23)29(36)33-16-8-13-24-12-6-7-15-28(24)39-19-17-32-26/h3-7,10-12,15,22,25-27,32H,8-9,13-14,16-21H2,1-2H3,(H,33,36)(H,34,37)/t25-,26-,27-/m0/s1. The molecule has 2 aromatic carbocycles. The number of carbonyl (C=O) groups is 3. The molecule has 210 valence electrons. The molecule has 0 spiro atoms. The fraction of sp³-hybridized carbons (Fsp3) is 0.516. The van der Waals surface area contributed by atoms with Gasteiger partial charge in [0.25, 0.3) is 0 Å². The molecule has 3 N–H and O–H groups in total. The van der Waals surface area contributed by atoms with Crippen molar-refractivity contribution in [3.63, 3.8) is 0 Å². The third-order valence-electron chi connectivity index (χ3n) is 7.40. The molecule has 4 rings (SSSR count). The number of carbonyl (C=O) groups excluding carboxylic acids is 3. The summed E-state index contributed by atoms with van der Waals surface area (Å²) in [5.41, 5.74) is 2.04. The molecule has 3 atom stereocenters. The average Bonchev–Trinajstić information content (AvgIpc) is 3.43. The van der Waals surface area contributed by atoms with Gasteiger partial charge in [0.05, 0.1) is 6.04 Å². The first-order chi connectivity index (χ1) is 18.9. The van der Waals surface area contributed by atoms with E-state index < -0.39 is 18.1 Å². The summed E-state index contributed by atoms with van der Waals surface area (Å²) >= 11 is 0. The van der Waals surface area contributed by atoms with Gasteiger partial charge in [-0.2, -0.15) is 0 Å². The van der Waals surface area contributed by atoms with Crippen molar-refractivity contribution in [2.24, 2.45) is 5.92 Å². The first-order valence-electron chi connectivity index (χ1n) is 14.3. The second kappa shape index (κ2) is 14.1. The van der Waals surface area contributed by atoms with Crippen molar-refractivity contribution in [2.75, 3.05) is 26.2 Å². The summed E-state index contributed by atoms with van der Waals surface area (Å²) in [6.45, 7) is 6.16. The second-order valence-electron chi connectivity index (χ2n) is 10.9. The minimum Gasteiger partial charge on any atom is -0.492 e. The molecule has 8 heteroatoms. The summed E-state index contributed by atoms with van der Waals surface area (Å²) in [6.07, 6.45) is 3.90. The van der Waals surface area contributed by atoms with Gasteiger partial charge < -0.3 is 25.6 Å². The molecule has 8 nitrogen and oxygen atoms in total. The maximum atomic E-state index is 13.7.